The topological polar surface area (TPSA) is 80.2 Å². The lowest BCUT2D eigenvalue weighted by molar-refractivity contribution is -0.120. The number of rotatable bonds is 5. The van der Waals surface area contributed by atoms with Crippen molar-refractivity contribution in [2.45, 2.75) is 26.2 Å². The van der Waals surface area contributed by atoms with Crippen molar-refractivity contribution in [3.63, 3.8) is 0 Å². The summed E-state index contributed by atoms with van der Waals surface area (Å²) in [6, 6.07) is 1.73. The van der Waals surface area contributed by atoms with E-state index in [-0.39, 0.29) is 11.8 Å². The van der Waals surface area contributed by atoms with Crippen LogP contribution in [0.1, 0.15) is 25.5 Å². The first-order valence-electron chi connectivity index (χ1n) is 8.06. The number of aromatic nitrogens is 3. The van der Waals surface area contributed by atoms with E-state index in [0.29, 0.717) is 11.8 Å². The van der Waals surface area contributed by atoms with E-state index >= 15 is 0 Å². The summed E-state index contributed by atoms with van der Waals surface area (Å²) in [5.41, 5.74) is 2.73. The Balaban J connectivity index is 1.57. The number of nitrogens with zero attached hydrogens (tertiary/aromatic N) is 4. The summed E-state index contributed by atoms with van der Waals surface area (Å²) in [4.78, 5) is 27.5. The van der Waals surface area contributed by atoms with Crippen LogP contribution in [0.2, 0.25) is 0 Å². The molecule has 0 aliphatic carbocycles. The molecule has 1 aliphatic heterocycles. The number of hydrogen-bond acceptors (Lipinski definition) is 7. The zero-order valence-electron chi connectivity index (χ0n) is 13.9. The smallest absolute Gasteiger partial charge is 0.228 e. The van der Waals surface area contributed by atoms with E-state index in [2.05, 4.69) is 25.2 Å². The van der Waals surface area contributed by atoms with E-state index in [4.69, 9.17) is 4.74 Å². The molecule has 128 valence electrons. The lowest BCUT2D eigenvalue weighted by Gasteiger charge is -2.31. The van der Waals surface area contributed by atoms with E-state index < -0.39 is 0 Å². The molecule has 1 aliphatic rings. The minimum atomic E-state index is 0.0127. The van der Waals surface area contributed by atoms with Crippen molar-refractivity contribution < 1.29 is 9.53 Å². The van der Waals surface area contributed by atoms with Gasteiger partial charge in [0.25, 0.3) is 0 Å². The fraction of sp³-hybridized carbons (Fsp3) is 0.500. The number of thiazole rings is 1. The monoisotopic (exact) mass is 347 g/mol. The molecule has 0 atom stereocenters. The summed E-state index contributed by atoms with van der Waals surface area (Å²) < 4.78 is 5.14. The highest BCUT2D eigenvalue weighted by Crippen LogP contribution is 2.25. The number of ether oxygens (including phenoxy) is 1. The van der Waals surface area contributed by atoms with Gasteiger partial charge in [-0.2, -0.15) is 4.98 Å². The first-order chi connectivity index (χ1) is 11.7. The second-order valence-electron chi connectivity index (χ2n) is 5.63. The van der Waals surface area contributed by atoms with Crippen LogP contribution >= 0.6 is 11.3 Å². The van der Waals surface area contributed by atoms with Gasteiger partial charge < -0.3 is 15.0 Å². The van der Waals surface area contributed by atoms with E-state index in [1.807, 2.05) is 6.92 Å². The molecule has 3 heterocycles. The molecule has 0 saturated carbocycles. The first kappa shape index (κ1) is 16.6. The quantitative estimate of drug-likeness (QED) is 0.894. The van der Waals surface area contributed by atoms with Crippen molar-refractivity contribution >= 4 is 28.2 Å². The summed E-state index contributed by atoms with van der Waals surface area (Å²) in [6.07, 6.45) is 4.08. The average molecular weight is 347 g/mol. The molecule has 1 saturated heterocycles. The second kappa shape index (κ2) is 7.57. The van der Waals surface area contributed by atoms with E-state index in [0.717, 1.165) is 43.0 Å². The molecule has 0 radical (unpaired) electrons. The molecule has 1 amide bonds. The van der Waals surface area contributed by atoms with Gasteiger partial charge in [-0.25, -0.2) is 9.97 Å². The molecular weight excluding hydrogens is 326 g/mol. The molecule has 1 N–H and O–H groups in total. The highest BCUT2D eigenvalue weighted by atomic mass is 32.1. The maximum Gasteiger partial charge on any atom is 0.228 e. The van der Waals surface area contributed by atoms with Crippen LogP contribution in [0.25, 0.3) is 0 Å². The van der Waals surface area contributed by atoms with Crippen molar-refractivity contribution in [3.8, 4) is 5.88 Å². The van der Waals surface area contributed by atoms with Crippen LogP contribution in [0.4, 0.5) is 10.9 Å². The zero-order chi connectivity index (χ0) is 16.9. The van der Waals surface area contributed by atoms with Gasteiger partial charge in [-0.15, -0.1) is 11.3 Å². The number of anilines is 2. The summed E-state index contributed by atoms with van der Waals surface area (Å²) >= 11 is 1.48. The summed E-state index contributed by atoms with van der Waals surface area (Å²) in [5, 5.41) is 3.91. The molecule has 0 bridgehead atoms. The maximum absolute atomic E-state index is 12.5. The minimum Gasteiger partial charge on any atom is -0.481 e. The lowest BCUT2D eigenvalue weighted by atomic mass is 9.96. The van der Waals surface area contributed by atoms with Gasteiger partial charge in [-0.1, -0.05) is 6.92 Å². The Morgan fingerprint density at radius 2 is 2.21 bits per heavy atom. The van der Waals surface area contributed by atoms with Gasteiger partial charge in [-0.3, -0.25) is 4.79 Å². The van der Waals surface area contributed by atoms with Crippen molar-refractivity contribution in [3.05, 3.63) is 23.5 Å². The van der Waals surface area contributed by atoms with Gasteiger partial charge in [0.2, 0.25) is 17.7 Å². The van der Waals surface area contributed by atoms with Crippen molar-refractivity contribution in [1.29, 1.82) is 0 Å². The van der Waals surface area contributed by atoms with Crippen molar-refractivity contribution in [2.24, 2.45) is 5.92 Å². The second-order valence-corrected chi connectivity index (χ2v) is 6.49. The molecule has 24 heavy (non-hydrogen) atoms. The number of methoxy groups -OCH3 is 1. The van der Waals surface area contributed by atoms with Gasteiger partial charge in [0.1, 0.15) is 5.00 Å². The van der Waals surface area contributed by atoms with E-state index in [1.165, 1.54) is 11.3 Å². The van der Waals surface area contributed by atoms with Crippen molar-refractivity contribution in [2.75, 3.05) is 30.4 Å². The fourth-order valence-corrected chi connectivity index (χ4v) is 3.55. The maximum atomic E-state index is 12.5. The van der Waals surface area contributed by atoms with Crippen LogP contribution in [0.3, 0.4) is 0 Å². The van der Waals surface area contributed by atoms with Crippen LogP contribution in [0.15, 0.2) is 17.8 Å². The Morgan fingerprint density at radius 3 is 2.92 bits per heavy atom. The molecule has 8 heteroatoms. The van der Waals surface area contributed by atoms with E-state index in [9.17, 15) is 4.79 Å². The van der Waals surface area contributed by atoms with Crippen LogP contribution in [-0.4, -0.2) is 41.1 Å². The van der Waals surface area contributed by atoms with Gasteiger partial charge in [0.05, 0.1) is 18.3 Å². The standard InChI is InChI=1S/C16H21N5O2S/c1-3-12-15(24-10-18-12)20-14(22)11-5-8-21(9-6-11)16-17-7-4-13(19-16)23-2/h4,7,10-11H,3,5-6,8-9H2,1-2H3,(H,20,22). The molecule has 1 fully saturated rings. The van der Waals surface area contributed by atoms with Crippen LogP contribution in [-0.2, 0) is 11.2 Å². The largest absolute Gasteiger partial charge is 0.481 e. The number of aryl methyl sites for hydroxylation is 1. The first-order valence-corrected chi connectivity index (χ1v) is 8.94. The molecular formula is C16H21N5O2S. The zero-order valence-corrected chi connectivity index (χ0v) is 14.7. The Bertz CT molecular complexity index is 697. The summed E-state index contributed by atoms with van der Waals surface area (Å²) in [7, 11) is 1.59. The third kappa shape index (κ3) is 3.64. The molecule has 2 aromatic heterocycles. The Kier molecular flexibility index (Phi) is 5.24. The highest BCUT2D eigenvalue weighted by Gasteiger charge is 2.27. The van der Waals surface area contributed by atoms with Gasteiger partial charge in [0.15, 0.2) is 0 Å². The van der Waals surface area contributed by atoms with Gasteiger partial charge in [-0.05, 0) is 19.3 Å². The fourth-order valence-electron chi connectivity index (χ4n) is 2.78. The van der Waals surface area contributed by atoms with Crippen LogP contribution < -0.4 is 15.0 Å². The normalized spacial score (nSPS) is 15.3. The molecule has 0 unspecified atom stereocenters. The predicted molar refractivity (Wildman–Crippen MR) is 93.6 cm³/mol. The van der Waals surface area contributed by atoms with Gasteiger partial charge in [0, 0.05) is 31.3 Å². The molecule has 3 rings (SSSR count). The molecule has 0 aromatic carbocycles. The molecule has 0 spiro atoms. The third-order valence-corrected chi connectivity index (χ3v) is 4.97. The minimum absolute atomic E-state index is 0.0127. The van der Waals surface area contributed by atoms with Crippen LogP contribution in [0, 0.1) is 5.92 Å². The predicted octanol–water partition coefficient (Wildman–Crippen LogP) is 2.36. The third-order valence-electron chi connectivity index (χ3n) is 4.19. The Labute approximate surface area is 145 Å². The van der Waals surface area contributed by atoms with Gasteiger partial charge >= 0.3 is 0 Å². The number of hydrogen-bond donors (Lipinski definition) is 1. The summed E-state index contributed by atoms with van der Waals surface area (Å²) in [5.74, 6) is 1.31. The number of piperidine rings is 1. The Hall–Kier alpha value is -2.22. The average Bonchev–Trinajstić information content (AvgIpc) is 3.09. The number of nitrogens with one attached hydrogen (secondary N) is 1. The van der Waals surface area contributed by atoms with Crippen molar-refractivity contribution in [1.82, 2.24) is 15.0 Å². The SMILES string of the molecule is CCc1ncsc1NC(=O)C1CCN(c2nccc(OC)n2)CC1. The van der Waals surface area contributed by atoms with E-state index in [1.54, 1.807) is 24.9 Å². The molecule has 7 nitrogen and oxygen atoms in total. The lowest BCUT2D eigenvalue weighted by Crippen LogP contribution is -2.39. The highest BCUT2D eigenvalue weighted by molar-refractivity contribution is 7.14. The molecule has 2 aromatic rings. The van der Waals surface area contributed by atoms with Crippen LogP contribution in [0.5, 0.6) is 5.88 Å². The Morgan fingerprint density at radius 1 is 1.42 bits per heavy atom. The summed E-state index contributed by atoms with van der Waals surface area (Å²) in [6.45, 7) is 3.56. The number of carbonyl (C=O) groups excluding carboxylic acids is 1. The number of amides is 1. The number of carbonyl (C=O) groups is 1.